The molecule has 0 radical (unpaired) electrons. The average molecular weight is 519 g/mol. The largest absolute Gasteiger partial charge is 0.457 e. The first-order valence-corrected chi connectivity index (χ1v) is 11.7. The lowest BCUT2D eigenvalue weighted by molar-refractivity contribution is 0.0129. The second kappa shape index (κ2) is 10.7. The van der Waals surface area contributed by atoms with Crippen LogP contribution in [0.2, 0.25) is 5.02 Å². The number of nitrogens with one attached hydrogen (secondary N) is 2. The highest BCUT2D eigenvalue weighted by molar-refractivity contribution is 7.20. The van der Waals surface area contributed by atoms with Crippen LogP contribution in [0.25, 0.3) is 10.4 Å². The number of aromatic nitrogens is 2. The Balaban J connectivity index is 1.58. The van der Waals surface area contributed by atoms with Gasteiger partial charge in [0.25, 0.3) is 0 Å². The van der Waals surface area contributed by atoms with Crippen molar-refractivity contribution in [2.75, 3.05) is 23.7 Å². The molecule has 4 amide bonds. The van der Waals surface area contributed by atoms with Crippen LogP contribution in [0.15, 0.2) is 42.9 Å². The van der Waals surface area contributed by atoms with E-state index in [9.17, 15) is 18.8 Å². The summed E-state index contributed by atoms with van der Waals surface area (Å²) < 4.78 is 19.3. The predicted octanol–water partition coefficient (Wildman–Crippen LogP) is 4.34. The van der Waals surface area contributed by atoms with Crippen molar-refractivity contribution in [1.29, 1.82) is 0 Å². The van der Waals surface area contributed by atoms with Crippen LogP contribution < -0.4 is 16.4 Å². The Hall–Kier alpha value is -3.77. The van der Waals surface area contributed by atoms with Crippen LogP contribution in [0.3, 0.4) is 0 Å². The lowest BCUT2D eigenvalue weighted by Crippen LogP contribution is -2.46. The van der Waals surface area contributed by atoms with Crippen molar-refractivity contribution in [3.8, 4) is 10.4 Å². The molecule has 1 aliphatic heterocycles. The van der Waals surface area contributed by atoms with Gasteiger partial charge in [0.05, 0.1) is 23.3 Å². The highest BCUT2D eigenvalue weighted by Crippen LogP contribution is 2.37. The first kappa shape index (κ1) is 24.4. The van der Waals surface area contributed by atoms with E-state index in [0.29, 0.717) is 29.8 Å². The second-order valence-electron chi connectivity index (χ2n) is 7.61. The van der Waals surface area contributed by atoms with Gasteiger partial charge in [-0.3, -0.25) is 15.6 Å². The minimum absolute atomic E-state index is 0.0799. The monoisotopic (exact) mass is 518 g/mol. The van der Waals surface area contributed by atoms with E-state index in [1.54, 1.807) is 0 Å². The highest BCUT2D eigenvalue weighted by atomic mass is 35.5. The molecule has 182 valence electrons. The number of rotatable bonds is 5. The molecule has 1 aliphatic rings. The maximum atomic E-state index is 13.6. The molecule has 1 aromatic carbocycles. The topological polar surface area (TPSA) is 140 Å². The van der Waals surface area contributed by atoms with Crippen molar-refractivity contribution in [1.82, 2.24) is 14.9 Å². The van der Waals surface area contributed by atoms with E-state index in [-0.39, 0.29) is 27.9 Å². The molecule has 1 unspecified atom stereocenters. The van der Waals surface area contributed by atoms with Crippen LogP contribution in [-0.2, 0) is 4.74 Å². The van der Waals surface area contributed by atoms with Gasteiger partial charge in [-0.25, -0.2) is 23.8 Å². The van der Waals surface area contributed by atoms with Crippen LogP contribution in [0.4, 0.5) is 24.8 Å². The summed E-state index contributed by atoms with van der Waals surface area (Å²) in [7, 11) is 0. The minimum atomic E-state index is -0.688. The number of nitrogens with zero attached hydrogens (tertiary/aromatic N) is 3. The van der Waals surface area contributed by atoms with Crippen LogP contribution in [0, 0.1) is 5.82 Å². The molecule has 0 spiro atoms. The van der Waals surface area contributed by atoms with Crippen molar-refractivity contribution in [3.63, 3.8) is 0 Å². The quantitative estimate of drug-likeness (QED) is 0.429. The summed E-state index contributed by atoms with van der Waals surface area (Å²) in [6, 6.07) is 4.44. The SMILES string of the molecule is NC(=O)N1CCCC(OC(=O)c2cc(-c3ccc(F)c(Cl)c3)sc2NC(=O)Nc2cnccn2)C1. The molecular formula is C22H20ClFN6O4S. The number of likely N-dealkylation sites (tertiary alicyclic amines) is 1. The van der Waals surface area contributed by atoms with Gasteiger partial charge in [-0.15, -0.1) is 11.3 Å². The highest BCUT2D eigenvalue weighted by Gasteiger charge is 2.28. The van der Waals surface area contributed by atoms with Gasteiger partial charge in [-0.1, -0.05) is 17.7 Å². The number of ether oxygens (including phenoxy) is 1. The molecule has 35 heavy (non-hydrogen) atoms. The van der Waals surface area contributed by atoms with Gasteiger partial charge >= 0.3 is 18.0 Å². The fraction of sp³-hybridized carbons (Fsp3) is 0.227. The molecule has 3 heterocycles. The lowest BCUT2D eigenvalue weighted by Gasteiger charge is -2.31. The number of amides is 4. The average Bonchev–Trinajstić information content (AvgIpc) is 3.25. The van der Waals surface area contributed by atoms with Crippen molar-refractivity contribution < 1.29 is 23.5 Å². The van der Waals surface area contributed by atoms with Gasteiger partial charge in [-0.2, -0.15) is 0 Å². The summed E-state index contributed by atoms with van der Waals surface area (Å²) in [4.78, 5) is 46.9. The Morgan fingerprint density at radius 1 is 1.23 bits per heavy atom. The smallest absolute Gasteiger partial charge is 0.341 e. The molecule has 1 atom stereocenters. The Morgan fingerprint density at radius 2 is 2.06 bits per heavy atom. The van der Waals surface area contributed by atoms with Crippen LogP contribution in [0.1, 0.15) is 23.2 Å². The van der Waals surface area contributed by atoms with Crippen molar-refractivity contribution in [2.24, 2.45) is 5.73 Å². The number of hydrogen-bond donors (Lipinski definition) is 3. The third-order valence-electron chi connectivity index (χ3n) is 5.15. The molecule has 4 rings (SSSR count). The van der Waals surface area contributed by atoms with E-state index < -0.39 is 30.0 Å². The number of carbonyl (C=O) groups is 3. The Kier molecular flexibility index (Phi) is 7.42. The predicted molar refractivity (Wildman–Crippen MR) is 129 cm³/mol. The molecule has 10 nitrogen and oxygen atoms in total. The van der Waals surface area contributed by atoms with E-state index in [4.69, 9.17) is 22.1 Å². The number of thiophene rings is 1. The molecule has 1 fully saturated rings. The number of esters is 1. The first-order chi connectivity index (χ1) is 16.8. The number of halogens is 2. The van der Waals surface area contributed by atoms with E-state index >= 15 is 0 Å². The number of urea groups is 2. The summed E-state index contributed by atoms with van der Waals surface area (Å²) in [6.45, 7) is 0.675. The normalized spacial score (nSPS) is 15.4. The van der Waals surface area contributed by atoms with Crippen LogP contribution in [-0.4, -0.2) is 52.1 Å². The van der Waals surface area contributed by atoms with Crippen molar-refractivity contribution >= 4 is 51.8 Å². The summed E-state index contributed by atoms with van der Waals surface area (Å²) in [5, 5.41) is 5.28. The van der Waals surface area contributed by atoms with Gasteiger partial charge in [0.15, 0.2) is 5.82 Å². The van der Waals surface area contributed by atoms with Crippen LogP contribution in [0.5, 0.6) is 0 Å². The zero-order valence-corrected chi connectivity index (χ0v) is 19.7. The number of hydrogen-bond acceptors (Lipinski definition) is 7. The first-order valence-electron chi connectivity index (χ1n) is 10.5. The van der Waals surface area contributed by atoms with Crippen molar-refractivity contribution in [3.05, 3.63) is 59.3 Å². The molecule has 3 aromatic rings. The Morgan fingerprint density at radius 3 is 2.77 bits per heavy atom. The third-order valence-corrected chi connectivity index (χ3v) is 6.54. The van der Waals surface area contributed by atoms with E-state index in [1.165, 1.54) is 47.8 Å². The van der Waals surface area contributed by atoms with E-state index in [0.717, 1.165) is 11.3 Å². The van der Waals surface area contributed by atoms with Crippen LogP contribution >= 0.6 is 22.9 Å². The number of nitrogens with two attached hydrogens (primary N) is 1. The summed E-state index contributed by atoms with van der Waals surface area (Å²) in [5.41, 5.74) is 6.00. The van der Waals surface area contributed by atoms with Gasteiger partial charge in [0.1, 0.15) is 16.9 Å². The maximum absolute atomic E-state index is 13.6. The zero-order chi connectivity index (χ0) is 24.9. The molecule has 1 saturated heterocycles. The summed E-state index contributed by atoms with van der Waals surface area (Å²) in [6.07, 6.45) is 4.89. The molecular weight excluding hydrogens is 499 g/mol. The number of carbonyl (C=O) groups excluding carboxylic acids is 3. The fourth-order valence-corrected chi connectivity index (χ4v) is 4.71. The fourth-order valence-electron chi connectivity index (χ4n) is 3.49. The second-order valence-corrected chi connectivity index (χ2v) is 9.07. The zero-order valence-electron chi connectivity index (χ0n) is 18.2. The van der Waals surface area contributed by atoms with Gasteiger partial charge in [-0.05, 0) is 36.6 Å². The third kappa shape index (κ3) is 6.03. The number of primary amides is 1. The Labute approximate surface area is 208 Å². The van der Waals surface area contributed by atoms with E-state index in [1.807, 2.05) is 0 Å². The number of benzene rings is 1. The summed E-state index contributed by atoms with van der Waals surface area (Å²) >= 11 is 7.01. The lowest BCUT2D eigenvalue weighted by atomic mass is 10.1. The molecule has 13 heteroatoms. The molecule has 2 aromatic heterocycles. The number of piperidine rings is 1. The van der Waals surface area contributed by atoms with Gasteiger partial charge < -0.3 is 15.4 Å². The molecule has 0 saturated carbocycles. The minimum Gasteiger partial charge on any atom is -0.457 e. The maximum Gasteiger partial charge on any atom is 0.341 e. The molecule has 0 bridgehead atoms. The standard InChI is InChI=1S/C22H20ClFN6O4S/c23-15-8-12(3-4-16(15)24)17-9-14(20(31)34-13-2-1-7-30(11-13)21(25)32)19(35-17)29-22(33)28-18-10-26-5-6-27-18/h3-6,8-10,13H,1-2,7,11H2,(H2,25,32)(H2,27,28,29,33). The van der Waals surface area contributed by atoms with Crippen molar-refractivity contribution in [2.45, 2.75) is 18.9 Å². The van der Waals surface area contributed by atoms with E-state index in [2.05, 4.69) is 20.6 Å². The molecule has 0 aliphatic carbocycles. The summed E-state index contributed by atoms with van der Waals surface area (Å²) in [5.74, 6) is -1.05. The number of anilines is 2. The molecule has 4 N–H and O–H groups in total. The van der Waals surface area contributed by atoms with Gasteiger partial charge in [0, 0.05) is 23.8 Å². The Bertz CT molecular complexity index is 1260. The van der Waals surface area contributed by atoms with Gasteiger partial charge in [0.2, 0.25) is 0 Å².